The van der Waals surface area contributed by atoms with Gasteiger partial charge in [0, 0.05) is 6.61 Å². The molecule has 1 rings (SSSR count). The van der Waals surface area contributed by atoms with Crippen LogP contribution in [0.1, 0.15) is 19.4 Å². The third-order valence-electron chi connectivity index (χ3n) is 2.29. The molecule has 0 aliphatic carbocycles. The molecular weight excluding hydrogens is 250 g/mol. The molecule has 0 fully saturated rings. The number of nitrogens with zero attached hydrogens (tertiary/aromatic N) is 1. The average molecular weight is 267 g/mol. The average Bonchev–Trinajstić information content (AvgIpc) is 2.34. The van der Waals surface area contributed by atoms with Crippen molar-refractivity contribution in [2.45, 2.75) is 18.7 Å². The second-order valence-electron chi connectivity index (χ2n) is 4.42. The Morgan fingerprint density at radius 1 is 1.28 bits per heavy atom. The highest BCUT2D eigenvalue weighted by atomic mass is 32.2. The van der Waals surface area contributed by atoms with Gasteiger partial charge in [-0.05, 0) is 30.2 Å². The number of hydrogen-bond acceptors (Lipinski definition) is 4. The summed E-state index contributed by atoms with van der Waals surface area (Å²) in [6.45, 7) is 4.77. The van der Waals surface area contributed by atoms with Gasteiger partial charge in [0.1, 0.15) is 0 Å². The van der Waals surface area contributed by atoms with Crippen LogP contribution in [-0.4, -0.2) is 27.4 Å². The van der Waals surface area contributed by atoms with E-state index in [2.05, 4.69) is 0 Å². The van der Waals surface area contributed by atoms with Gasteiger partial charge >= 0.3 is 0 Å². The molecule has 0 saturated carbocycles. The Morgan fingerprint density at radius 2 is 1.89 bits per heavy atom. The lowest BCUT2D eigenvalue weighted by molar-refractivity contribution is 0.123. The van der Waals surface area contributed by atoms with Gasteiger partial charge in [-0.1, -0.05) is 13.8 Å². The summed E-state index contributed by atoms with van der Waals surface area (Å²) < 4.78 is 29.1. The van der Waals surface area contributed by atoms with Crippen molar-refractivity contribution >= 4 is 9.84 Å². The first kappa shape index (κ1) is 14.7. The van der Waals surface area contributed by atoms with E-state index < -0.39 is 9.84 Å². The summed E-state index contributed by atoms with van der Waals surface area (Å²) in [6, 6.07) is 7.86. The zero-order chi connectivity index (χ0) is 13.6. The smallest absolute Gasteiger partial charge is 0.180 e. The van der Waals surface area contributed by atoms with Crippen LogP contribution in [0, 0.1) is 17.2 Å². The number of hydrogen-bond donors (Lipinski definition) is 0. The third kappa shape index (κ3) is 4.47. The van der Waals surface area contributed by atoms with Crippen LogP contribution in [0.15, 0.2) is 29.2 Å². The van der Waals surface area contributed by atoms with E-state index >= 15 is 0 Å². The lowest BCUT2D eigenvalue weighted by Crippen LogP contribution is -2.14. The van der Waals surface area contributed by atoms with Gasteiger partial charge in [-0.2, -0.15) is 5.26 Å². The number of sulfone groups is 1. The summed E-state index contributed by atoms with van der Waals surface area (Å²) in [5.41, 5.74) is 0.449. The van der Waals surface area contributed by atoms with Crippen molar-refractivity contribution < 1.29 is 13.2 Å². The normalized spacial score (nSPS) is 11.4. The summed E-state index contributed by atoms with van der Waals surface area (Å²) in [6.07, 6.45) is 0. The predicted octanol–water partition coefficient (Wildman–Crippen LogP) is 2.00. The highest BCUT2D eigenvalue weighted by Gasteiger charge is 2.14. The van der Waals surface area contributed by atoms with E-state index in [0.717, 1.165) is 0 Å². The van der Waals surface area contributed by atoms with E-state index in [4.69, 9.17) is 10.00 Å². The lowest BCUT2D eigenvalue weighted by Gasteiger charge is -2.07. The van der Waals surface area contributed by atoms with Gasteiger partial charge in [-0.15, -0.1) is 0 Å². The van der Waals surface area contributed by atoms with Gasteiger partial charge in [0.05, 0.1) is 28.9 Å². The first-order valence-electron chi connectivity index (χ1n) is 5.76. The van der Waals surface area contributed by atoms with Gasteiger partial charge in [0.25, 0.3) is 0 Å². The Bertz CT molecular complexity index is 512. The molecule has 0 unspecified atom stereocenters. The molecule has 1 aromatic carbocycles. The molecule has 0 bridgehead atoms. The van der Waals surface area contributed by atoms with Crippen LogP contribution in [0.5, 0.6) is 0 Å². The molecule has 0 N–H and O–H groups in total. The summed E-state index contributed by atoms with van der Waals surface area (Å²) in [4.78, 5) is 0.231. The maximum atomic E-state index is 11.9. The summed E-state index contributed by atoms with van der Waals surface area (Å²) in [5.74, 6) is 0.355. The Morgan fingerprint density at radius 3 is 2.39 bits per heavy atom. The van der Waals surface area contributed by atoms with Crippen molar-refractivity contribution in [1.29, 1.82) is 5.26 Å². The Balaban J connectivity index is 2.60. The maximum Gasteiger partial charge on any atom is 0.180 e. The molecule has 0 aliphatic heterocycles. The Kier molecular flexibility index (Phi) is 5.32. The van der Waals surface area contributed by atoms with Crippen molar-refractivity contribution in [3.8, 4) is 6.07 Å². The molecule has 1 aromatic rings. The molecular formula is C13H17NO3S. The van der Waals surface area contributed by atoms with Crippen molar-refractivity contribution in [3.63, 3.8) is 0 Å². The first-order valence-corrected chi connectivity index (χ1v) is 7.41. The van der Waals surface area contributed by atoms with Crippen LogP contribution in [-0.2, 0) is 14.6 Å². The zero-order valence-electron chi connectivity index (χ0n) is 10.6. The summed E-state index contributed by atoms with van der Waals surface area (Å²) >= 11 is 0. The van der Waals surface area contributed by atoms with E-state index in [9.17, 15) is 8.42 Å². The van der Waals surface area contributed by atoms with Crippen LogP contribution in [0.4, 0.5) is 0 Å². The van der Waals surface area contributed by atoms with Crippen molar-refractivity contribution in [1.82, 2.24) is 0 Å². The fourth-order valence-electron chi connectivity index (χ4n) is 1.34. The molecule has 98 valence electrons. The Hall–Kier alpha value is -1.38. The minimum absolute atomic E-state index is 0.0361. The van der Waals surface area contributed by atoms with E-state index in [0.29, 0.717) is 18.1 Å². The number of benzene rings is 1. The molecule has 0 aromatic heterocycles. The van der Waals surface area contributed by atoms with Crippen LogP contribution < -0.4 is 0 Å². The van der Waals surface area contributed by atoms with Crippen LogP contribution in [0.3, 0.4) is 0 Å². The van der Waals surface area contributed by atoms with E-state index in [-0.39, 0.29) is 17.3 Å². The third-order valence-corrected chi connectivity index (χ3v) is 3.98. The summed E-state index contributed by atoms with van der Waals surface area (Å²) in [7, 11) is -3.32. The van der Waals surface area contributed by atoms with E-state index in [1.54, 1.807) is 0 Å². The predicted molar refractivity (Wildman–Crippen MR) is 68.9 cm³/mol. The van der Waals surface area contributed by atoms with Gasteiger partial charge in [-0.3, -0.25) is 0 Å². The molecule has 0 heterocycles. The first-order chi connectivity index (χ1) is 8.45. The zero-order valence-corrected chi connectivity index (χ0v) is 11.4. The highest BCUT2D eigenvalue weighted by molar-refractivity contribution is 7.91. The molecule has 5 heteroatoms. The van der Waals surface area contributed by atoms with E-state index in [1.165, 1.54) is 24.3 Å². The second kappa shape index (κ2) is 6.53. The van der Waals surface area contributed by atoms with Crippen LogP contribution in [0.25, 0.3) is 0 Å². The van der Waals surface area contributed by atoms with Gasteiger partial charge in [0.2, 0.25) is 0 Å². The molecule has 0 atom stereocenters. The topological polar surface area (TPSA) is 67.2 Å². The quantitative estimate of drug-likeness (QED) is 0.739. The number of nitriles is 1. The number of rotatable bonds is 6. The molecule has 18 heavy (non-hydrogen) atoms. The summed E-state index contributed by atoms with van der Waals surface area (Å²) in [5, 5.41) is 8.64. The molecule has 4 nitrogen and oxygen atoms in total. The highest BCUT2D eigenvalue weighted by Crippen LogP contribution is 2.12. The minimum Gasteiger partial charge on any atom is -0.380 e. The Labute approximate surface area is 108 Å². The van der Waals surface area contributed by atoms with Crippen molar-refractivity contribution in [3.05, 3.63) is 29.8 Å². The van der Waals surface area contributed by atoms with Gasteiger partial charge in [0.15, 0.2) is 9.84 Å². The van der Waals surface area contributed by atoms with Crippen LogP contribution in [0.2, 0.25) is 0 Å². The standard InChI is InChI=1S/C13H17NO3S/c1-11(2)10-17-7-8-18(15,16)13-5-3-12(9-14)4-6-13/h3-6,11H,7-8,10H2,1-2H3. The lowest BCUT2D eigenvalue weighted by atomic mass is 10.2. The SMILES string of the molecule is CC(C)COCCS(=O)(=O)c1ccc(C#N)cc1. The van der Waals surface area contributed by atoms with Crippen LogP contribution >= 0.6 is 0 Å². The largest absolute Gasteiger partial charge is 0.380 e. The molecule has 0 spiro atoms. The van der Waals surface area contributed by atoms with E-state index in [1.807, 2.05) is 19.9 Å². The number of ether oxygens (including phenoxy) is 1. The fraction of sp³-hybridized carbons (Fsp3) is 0.462. The van der Waals surface area contributed by atoms with Gasteiger partial charge < -0.3 is 4.74 Å². The van der Waals surface area contributed by atoms with Crippen molar-refractivity contribution in [2.75, 3.05) is 19.0 Å². The molecule has 0 amide bonds. The monoisotopic (exact) mass is 267 g/mol. The minimum atomic E-state index is -3.32. The van der Waals surface area contributed by atoms with Gasteiger partial charge in [-0.25, -0.2) is 8.42 Å². The molecule has 0 aliphatic rings. The van der Waals surface area contributed by atoms with Crippen molar-refractivity contribution in [2.24, 2.45) is 5.92 Å². The fourth-order valence-corrected chi connectivity index (χ4v) is 2.47. The molecule has 0 saturated heterocycles. The second-order valence-corrected chi connectivity index (χ2v) is 6.53. The molecule has 0 radical (unpaired) electrons. The maximum absolute atomic E-state index is 11.9.